The first-order chi connectivity index (χ1) is 15.0. The largest absolute Gasteiger partial charge is 0.339 e. The summed E-state index contributed by atoms with van der Waals surface area (Å²) in [7, 11) is 0. The molecule has 3 nitrogen and oxygen atoms in total. The highest BCUT2D eigenvalue weighted by Crippen LogP contribution is 2.28. The highest BCUT2D eigenvalue weighted by atomic mass is 16.2. The van der Waals surface area contributed by atoms with Gasteiger partial charge in [-0.15, -0.1) is 0 Å². The molecule has 3 aromatic rings. The Morgan fingerprint density at radius 3 is 2.19 bits per heavy atom. The van der Waals surface area contributed by atoms with Crippen LogP contribution in [0.3, 0.4) is 0 Å². The first-order valence-corrected chi connectivity index (χ1v) is 11.8. The molecule has 164 valence electrons. The molecule has 1 heterocycles. The van der Waals surface area contributed by atoms with Gasteiger partial charge in [0.2, 0.25) is 0 Å². The van der Waals surface area contributed by atoms with Crippen LogP contribution in [0.4, 0.5) is 0 Å². The highest BCUT2D eigenvalue weighted by molar-refractivity contribution is 6.07. The number of pyridine rings is 1. The second-order valence-electron chi connectivity index (χ2n) is 8.60. The normalized spacial score (nSPS) is 11.1. The lowest BCUT2D eigenvalue weighted by molar-refractivity contribution is 0.0751. The van der Waals surface area contributed by atoms with Crippen LogP contribution in [0.15, 0.2) is 48.5 Å². The number of aryl methyl sites for hydroxylation is 2. The van der Waals surface area contributed by atoms with Crippen LogP contribution in [0.25, 0.3) is 22.2 Å². The molecule has 0 unspecified atom stereocenters. The van der Waals surface area contributed by atoms with E-state index in [1.807, 2.05) is 30.3 Å². The van der Waals surface area contributed by atoms with E-state index in [0.717, 1.165) is 79.3 Å². The van der Waals surface area contributed by atoms with Crippen molar-refractivity contribution < 1.29 is 4.79 Å². The third-order valence-corrected chi connectivity index (χ3v) is 5.95. The van der Waals surface area contributed by atoms with Gasteiger partial charge in [-0.1, -0.05) is 81.5 Å². The Bertz CT molecular complexity index is 1010. The van der Waals surface area contributed by atoms with Crippen molar-refractivity contribution in [3.05, 3.63) is 65.2 Å². The number of rotatable bonds is 10. The van der Waals surface area contributed by atoms with Crippen LogP contribution >= 0.6 is 0 Å². The highest BCUT2D eigenvalue weighted by Gasteiger charge is 2.20. The van der Waals surface area contributed by atoms with Gasteiger partial charge in [-0.05, 0) is 44.4 Å². The molecule has 0 N–H and O–H groups in total. The average molecular weight is 417 g/mol. The molecule has 0 saturated carbocycles. The van der Waals surface area contributed by atoms with E-state index in [1.54, 1.807) is 0 Å². The van der Waals surface area contributed by atoms with E-state index in [0.29, 0.717) is 0 Å². The van der Waals surface area contributed by atoms with Crippen molar-refractivity contribution in [2.75, 3.05) is 13.1 Å². The third kappa shape index (κ3) is 5.72. The van der Waals surface area contributed by atoms with Crippen molar-refractivity contribution >= 4 is 16.8 Å². The van der Waals surface area contributed by atoms with E-state index in [2.05, 4.69) is 50.8 Å². The number of para-hydroxylation sites is 1. The summed E-state index contributed by atoms with van der Waals surface area (Å²) in [6.07, 6.45) is 6.74. The van der Waals surface area contributed by atoms with Crippen molar-refractivity contribution in [2.45, 2.75) is 66.2 Å². The lowest BCUT2D eigenvalue weighted by atomic mass is 9.99. The Morgan fingerprint density at radius 2 is 1.55 bits per heavy atom. The van der Waals surface area contributed by atoms with Gasteiger partial charge < -0.3 is 4.90 Å². The number of unbranched alkanes of at least 4 members (excludes halogenated alkanes) is 4. The summed E-state index contributed by atoms with van der Waals surface area (Å²) in [5.41, 5.74) is 6.04. The smallest absolute Gasteiger partial charge is 0.254 e. The molecule has 0 aliphatic heterocycles. The molecular weight excluding hydrogens is 380 g/mol. The summed E-state index contributed by atoms with van der Waals surface area (Å²) in [4.78, 5) is 20.8. The zero-order chi connectivity index (χ0) is 22.2. The number of hydrogen-bond donors (Lipinski definition) is 0. The maximum Gasteiger partial charge on any atom is 0.254 e. The summed E-state index contributed by atoms with van der Waals surface area (Å²) in [6.45, 7) is 10.3. The predicted octanol–water partition coefficient (Wildman–Crippen LogP) is 7.34. The molecule has 2 aromatic carbocycles. The van der Waals surface area contributed by atoms with Gasteiger partial charge in [0.15, 0.2) is 0 Å². The average Bonchev–Trinajstić information content (AvgIpc) is 2.77. The molecule has 0 radical (unpaired) electrons. The zero-order valence-corrected chi connectivity index (χ0v) is 19.6. The molecule has 1 amide bonds. The van der Waals surface area contributed by atoms with Crippen LogP contribution in [0.5, 0.6) is 0 Å². The first kappa shape index (κ1) is 23.0. The maximum atomic E-state index is 13.8. The molecule has 1 aromatic heterocycles. The van der Waals surface area contributed by atoms with Crippen LogP contribution in [0.1, 0.15) is 73.9 Å². The van der Waals surface area contributed by atoms with Crippen LogP contribution in [-0.4, -0.2) is 28.9 Å². The first-order valence-electron chi connectivity index (χ1n) is 11.8. The minimum absolute atomic E-state index is 0.136. The van der Waals surface area contributed by atoms with Gasteiger partial charge in [0.05, 0.1) is 16.8 Å². The fourth-order valence-electron chi connectivity index (χ4n) is 4.18. The Morgan fingerprint density at radius 1 is 0.871 bits per heavy atom. The minimum atomic E-state index is 0.136. The number of amides is 1. The number of hydrogen-bond acceptors (Lipinski definition) is 2. The van der Waals surface area contributed by atoms with Crippen molar-refractivity contribution in [1.82, 2.24) is 9.88 Å². The number of nitrogens with zero attached hydrogens (tertiary/aromatic N) is 2. The van der Waals surface area contributed by atoms with Crippen molar-refractivity contribution in [1.29, 1.82) is 0 Å². The molecule has 0 aliphatic rings. The summed E-state index contributed by atoms with van der Waals surface area (Å²) < 4.78 is 0. The van der Waals surface area contributed by atoms with Crippen molar-refractivity contribution in [3.8, 4) is 11.3 Å². The van der Waals surface area contributed by atoms with E-state index in [4.69, 9.17) is 4.98 Å². The minimum Gasteiger partial charge on any atom is -0.339 e. The molecule has 0 atom stereocenters. The number of aromatic nitrogens is 1. The van der Waals surface area contributed by atoms with E-state index >= 15 is 0 Å². The number of fused-ring (bicyclic) bond motifs is 1. The third-order valence-electron chi connectivity index (χ3n) is 5.95. The van der Waals surface area contributed by atoms with E-state index in [1.165, 1.54) is 11.1 Å². The molecule has 0 aliphatic carbocycles. The Balaban J connectivity index is 2.04. The molecule has 0 spiro atoms. The number of carbonyl (C=O) groups excluding carboxylic acids is 1. The quantitative estimate of drug-likeness (QED) is 0.324. The van der Waals surface area contributed by atoms with Gasteiger partial charge in [-0.25, -0.2) is 4.98 Å². The van der Waals surface area contributed by atoms with Crippen LogP contribution in [0, 0.1) is 13.8 Å². The fourth-order valence-corrected chi connectivity index (χ4v) is 4.18. The van der Waals surface area contributed by atoms with Gasteiger partial charge in [-0.3, -0.25) is 4.79 Å². The zero-order valence-electron chi connectivity index (χ0n) is 19.6. The summed E-state index contributed by atoms with van der Waals surface area (Å²) in [5.74, 6) is 0.136. The van der Waals surface area contributed by atoms with E-state index < -0.39 is 0 Å². The Kier molecular flexibility index (Phi) is 8.22. The van der Waals surface area contributed by atoms with Crippen LogP contribution in [0.2, 0.25) is 0 Å². The SMILES string of the molecule is CCCCCN(CCCCC)C(=O)c1cc(-c2ccc(C)cc2C)nc2ccccc12. The van der Waals surface area contributed by atoms with Crippen LogP contribution in [-0.2, 0) is 0 Å². The topological polar surface area (TPSA) is 33.2 Å². The molecular formula is C28H36N2O. The summed E-state index contributed by atoms with van der Waals surface area (Å²) in [6, 6.07) is 16.4. The van der Waals surface area contributed by atoms with Gasteiger partial charge in [-0.2, -0.15) is 0 Å². The molecule has 0 fully saturated rings. The van der Waals surface area contributed by atoms with Gasteiger partial charge in [0.25, 0.3) is 5.91 Å². The van der Waals surface area contributed by atoms with Crippen molar-refractivity contribution in [3.63, 3.8) is 0 Å². The second-order valence-corrected chi connectivity index (χ2v) is 8.60. The molecule has 31 heavy (non-hydrogen) atoms. The number of benzene rings is 2. The van der Waals surface area contributed by atoms with Crippen LogP contribution < -0.4 is 0 Å². The fraction of sp³-hybridized carbons (Fsp3) is 0.429. The second kappa shape index (κ2) is 11.1. The standard InChI is InChI=1S/C28H36N2O/c1-5-7-11-17-30(18-12-8-6-2)28(31)25-20-27(23-16-15-21(3)19-22(23)4)29-26-14-10-9-13-24(25)26/h9-10,13-16,19-20H,5-8,11-12,17-18H2,1-4H3. The summed E-state index contributed by atoms with van der Waals surface area (Å²) >= 11 is 0. The monoisotopic (exact) mass is 416 g/mol. The number of carbonyl (C=O) groups is 1. The molecule has 0 saturated heterocycles. The Hall–Kier alpha value is -2.68. The van der Waals surface area contributed by atoms with Gasteiger partial charge >= 0.3 is 0 Å². The van der Waals surface area contributed by atoms with E-state index in [9.17, 15) is 4.79 Å². The Labute approximate surface area is 187 Å². The predicted molar refractivity (Wildman–Crippen MR) is 132 cm³/mol. The van der Waals surface area contributed by atoms with Crippen molar-refractivity contribution in [2.24, 2.45) is 0 Å². The van der Waals surface area contributed by atoms with E-state index in [-0.39, 0.29) is 5.91 Å². The maximum absolute atomic E-state index is 13.8. The lowest BCUT2D eigenvalue weighted by Gasteiger charge is -2.24. The lowest BCUT2D eigenvalue weighted by Crippen LogP contribution is -2.33. The molecule has 3 rings (SSSR count). The molecule has 0 bridgehead atoms. The van der Waals surface area contributed by atoms with Gasteiger partial charge in [0.1, 0.15) is 0 Å². The van der Waals surface area contributed by atoms with Gasteiger partial charge in [0, 0.05) is 24.0 Å². The summed E-state index contributed by atoms with van der Waals surface area (Å²) in [5, 5.41) is 0.942. The molecule has 3 heteroatoms.